The van der Waals surface area contributed by atoms with E-state index in [1.165, 1.54) is 6.21 Å². The lowest BCUT2D eigenvalue weighted by Crippen LogP contribution is -2.43. The van der Waals surface area contributed by atoms with E-state index < -0.39 is 11.5 Å². The van der Waals surface area contributed by atoms with Crippen LogP contribution in [0.4, 0.5) is 0 Å². The Labute approximate surface area is 160 Å². The predicted octanol–water partition coefficient (Wildman–Crippen LogP) is 3.84. The van der Waals surface area contributed by atoms with Gasteiger partial charge in [0.15, 0.2) is 5.60 Å². The summed E-state index contributed by atoms with van der Waals surface area (Å²) >= 11 is 3.37. The van der Waals surface area contributed by atoms with Crippen LogP contribution < -0.4 is 5.43 Å². The summed E-state index contributed by atoms with van der Waals surface area (Å²) < 4.78 is 0.959. The molecule has 3 aromatic carbocycles. The van der Waals surface area contributed by atoms with E-state index in [-0.39, 0.29) is 0 Å². The van der Waals surface area contributed by atoms with Gasteiger partial charge in [-0.05, 0) is 28.8 Å². The minimum absolute atomic E-state index is 0.475. The molecule has 0 radical (unpaired) electrons. The summed E-state index contributed by atoms with van der Waals surface area (Å²) in [6.07, 6.45) is 1.53. The lowest BCUT2D eigenvalue weighted by atomic mass is 9.85. The van der Waals surface area contributed by atoms with Crippen LogP contribution in [0.2, 0.25) is 0 Å². The van der Waals surface area contributed by atoms with Crippen molar-refractivity contribution in [2.24, 2.45) is 5.10 Å². The molecule has 0 aliphatic heterocycles. The molecule has 5 heteroatoms. The molecule has 0 bridgehead atoms. The quantitative estimate of drug-likeness (QED) is 0.497. The zero-order chi connectivity index (χ0) is 18.4. The van der Waals surface area contributed by atoms with Gasteiger partial charge >= 0.3 is 0 Å². The molecule has 0 aliphatic carbocycles. The van der Waals surface area contributed by atoms with E-state index in [1.54, 1.807) is 48.5 Å². The molecule has 0 atom stereocenters. The summed E-state index contributed by atoms with van der Waals surface area (Å²) in [5.41, 5.74) is 2.40. The number of hydrogen-bond acceptors (Lipinski definition) is 3. The second kappa shape index (κ2) is 8.08. The highest BCUT2D eigenvalue weighted by Gasteiger charge is 2.39. The maximum Gasteiger partial charge on any atom is 0.281 e. The first-order chi connectivity index (χ1) is 12.6. The standard InChI is InChI=1S/C21H17BrN2O2/c22-19-13-11-16(12-14-19)15-23-24-20(25)21(26,17-7-3-1-4-8-17)18-9-5-2-6-10-18/h1-15,26H,(H,24,25)/b23-15+. The highest BCUT2D eigenvalue weighted by molar-refractivity contribution is 9.10. The highest BCUT2D eigenvalue weighted by Crippen LogP contribution is 2.29. The number of hydrogen-bond donors (Lipinski definition) is 2. The van der Waals surface area contributed by atoms with Crippen molar-refractivity contribution in [1.82, 2.24) is 5.43 Å². The fraction of sp³-hybridized carbons (Fsp3) is 0.0476. The molecular weight excluding hydrogens is 392 g/mol. The van der Waals surface area contributed by atoms with E-state index in [2.05, 4.69) is 26.5 Å². The predicted molar refractivity (Wildman–Crippen MR) is 106 cm³/mol. The van der Waals surface area contributed by atoms with Crippen molar-refractivity contribution < 1.29 is 9.90 Å². The average molecular weight is 409 g/mol. The third kappa shape index (κ3) is 3.90. The van der Waals surface area contributed by atoms with Crippen LogP contribution in [0.1, 0.15) is 16.7 Å². The van der Waals surface area contributed by atoms with Gasteiger partial charge < -0.3 is 5.11 Å². The zero-order valence-electron chi connectivity index (χ0n) is 13.8. The number of carbonyl (C=O) groups excluding carboxylic acids is 1. The minimum atomic E-state index is -1.83. The second-order valence-corrected chi connectivity index (χ2v) is 6.61. The first-order valence-corrected chi connectivity index (χ1v) is 8.82. The molecule has 2 N–H and O–H groups in total. The van der Waals surface area contributed by atoms with Crippen LogP contribution in [0, 0.1) is 0 Å². The fourth-order valence-corrected chi connectivity index (χ4v) is 2.85. The molecule has 26 heavy (non-hydrogen) atoms. The molecule has 0 fully saturated rings. The molecule has 0 aromatic heterocycles. The van der Waals surface area contributed by atoms with Crippen molar-refractivity contribution in [3.05, 3.63) is 106 Å². The summed E-state index contributed by atoms with van der Waals surface area (Å²) in [7, 11) is 0. The average Bonchev–Trinajstić information content (AvgIpc) is 2.70. The summed E-state index contributed by atoms with van der Waals surface area (Å²) in [6.45, 7) is 0. The van der Waals surface area contributed by atoms with Crippen molar-refractivity contribution in [2.45, 2.75) is 5.60 Å². The third-order valence-corrected chi connectivity index (χ3v) is 4.49. The SMILES string of the molecule is O=C(N/N=C/c1ccc(Br)cc1)C(O)(c1ccccc1)c1ccccc1. The van der Waals surface area contributed by atoms with Gasteiger partial charge in [-0.2, -0.15) is 5.10 Å². The monoisotopic (exact) mass is 408 g/mol. The summed E-state index contributed by atoms with van der Waals surface area (Å²) in [6, 6.07) is 25.1. The van der Waals surface area contributed by atoms with Crippen LogP contribution in [-0.4, -0.2) is 17.2 Å². The molecule has 0 saturated heterocycles. The molecule has 0 spiro atoms. The number of benzene rings is 3. The number of rotatable bonds is 5. The Hall–Kier alpha value is -2.76. The lowest BCUT2D eigenvalue weighted by Gasteiger charge is -2.27. The van der Waals surface area contributed by atoms with Crippen LogP contribution in [0.25, 0.3) is 0 Å². The van der Waals surface area contributed by atoms with Gasteiger partial charge in [-0.25, -0.2) is 5.43 Å². The van der Waals surface area contributed by atoms with Gasteiger partial charge in [-0.3, -0.25) is 4.79 Å². The van der Waals surface area contributed by atoms with Gasteiger partial charge in [-0.1, -0.05) is 88.7 Å². The number of amides is 1. The van der Waals surface area contributed by atoms with Crippen molar-refractivity contribution in [1.29, 1.82) is 0 Å². The third-order valence-electron chi connectivity index (χ3n) is 3.96. The van der Waals surface area contributed by atoms with Crippen molar-refractivity contribution >= 4 is 28.1 Å². The molecule has 130 valence electrons. The van der Waals surface area contributed by atoms with Crippen LogP contribution in [0.15, 0.2) is 94.5 Å². The molecular formula is C21H17BrN2O2. The van der Waals surface area contributed by atoms with Gasteiger partial charge in [0.1, 0.15) is 0 Å². The Kier molecular flexibility index (Phi) is 5.61. The van der Waals surface area contributed by atoms with E-state index in [1.807, 2.05) is 36.4 Å². The van der Waals surface area contributed by atoms with Crippen molar-refractivity contribution in [2.75, 3.05) is 0 Å². The van der Waals surface area contributed by atoms with Gasteiger partial charge in [-0.15, -0.1) is 0 Å². The van der Waals surface area contributed by atoms with Crippen molar-refractivity contribution in [3.63, 3.8) is 0 Å². The minimum Gasteiger partial charge on any atom is -0.372 e. The van der Waals surface area contributed by atoms with Crippen LogP contribution in [0.3, 0.4) is 0 Å². The topological polar surface area (TPSA) is 61.7 Å². The number of aliphatic hydroxyl groups is 1. The van der Waals surface area contributed by atoms with Gasteiger partial charge in [0.2, 0.25) is 0 Å². The molecule has 0 unspecified atom stereocenters. The number of carbonyl (C=O) groups is 1. The molecule has 0 aliphatic rings. The first kappa shape index (κ1) is 18.0. The Balaban J connectivity index is 1.87. The van der Waals surface area contributed by atoms with E-state index >= 15 is 0 Å². The molecule has 3 aromatic rings. The van der Waals surface area contributed by atoms with Crippen molar-refractivity contribution in [3.8, 4) is 0 Å². The van der Waals surface area contributed by atoms with Gasteiger partial charge in [0, 0.05) is 4.47 Å². The van der Waals surface area contributed by atoms with E-state index in [0.29, 0.717) is 11.1 Å². The molecule has 0 heterocycles. The summed E-state index contributed by atoms with van der Waals surface area (Å²) in [4.78, 5) is 12.8. The van der Waals surface area contributed by atoms with Crippen LogP contribution in [0.5, 0.6) is 0 Å². The second-order valence-electron chi connectivity index (χ2n) is 5.69. The smallest absolute Gasteiger partial charge is 0.281 e. The van der Waals surface area contributed by atoms with E-state index in [9.17, 15) is 9.90 Å². The maximum absolute atomic E-state index is 12.8. The Morgan fingerprint density at radius 2 is 1.38 bits per heavy atom. The fourth-order valence-electron chi connectivity index (χ4n) is 2.58. The number of hydrazone groups is 1. The van der Waals surface area contributed by atoms with Gasteiger partial charge in [0.05, 0.1) is 6.21 Å². The molecule has 3 rings (SSSR count). The normalized spacial score (nSPS) is 11.5. The first-order valence-electron chi connectivity index (χ1n) is 8.03. The Bertz CT molecular complexity index is 855. The maximum atomic E-state index is 12.8. The molecule has 1 amide bonds. The zero-order valence-corrected chi connectivity index (χ0v) is 15.4. The molecule has 4 nitrogen and oxygen atoms in total. The van der Waals surface area contributed by atoms with E-state index in [4.69, 9.17) is 0 Å². The molecule has 0 saturated carbocycles. The number of halogens is 1. The van der Waals surface area contributed by atoms with Crippen LogP contribution >= 0.6 is 15.9 Å². The van der Waals surface area contributed by atoms with Crippen LogP contribution in [-0.2, 0) is 10.4 Å². The van der Waals surface area contributed by atoms with Gasteiger partial charge in [0.25, 0.3) is 5.91 Å². The highest BCUT2D eigenvalue weighted by atomic mass is 79.9. The number of nitrogens with one attached hydrogen (secondary N) is 1. The summed E-state index contributed by atoms with van der Waals surface area (Å²) in [5, 5.41) is 15.3. The summed E-state index contributed by atoms with van der Waals surface area (Å²) in [5.74, 6) is -0.622. The Morgan fingerprint density at radius 1 is 0.885 bits per heavy atom. The Morgan fingerprint density at radius 3 is 1.88 bits per heavy atom. The largest absolute Gasteiger partial charge is 0.372 e. The lowest BCUT2D eigenvalue weighted by molar-refractivity contribution is -0.136. The number of nitrogens with zero attached hydrogens (tertiary/aromatic N) is 1. The van der Waals surface area contributed by atoms with E-state index in [0.717, 1.165) is 10.0 Å².